The Morgan fingerprint density at radius 3 is 2.64 bits per heavy atom. The number of hydrogen-bond donors (Lipinski definition) is 1. The van der Waals surface area contributed by atoms with E-state index >= 15 is 0 Å². The van der Waals surface area contributed by atoms with E-state index in [9.17, 15) is 4.79 Å². The SMILES string of the molecule is CCc1ccc(NC(=O)C(C)C)cn1. The molecule has 0 aliphatic rings. The number of hydrogen-bond acceptors (Lipinski definition) is 2. The Hall–Kier alpha value is -1.38. The molecule has 0 fully saturated rings. The molecule has 0 aliphatic carbocycles. The summed E-state index contributed by atoms with van der Waals surface area (Å²) < 4.78 is 0. The van der Waals surface area contributed by atoms with Crippen LogP contribution in [0.25, 0.3) is 0 Å². The van der Waals surface area contributed by atoms with Gasteiger partial charge < -0.3 is 5.32 Å². The molecule has 0 saturated heterocycles. The molecule has 0 bridgehead atoms. The highest BCUT2D eigenvalue weighted by Crippen LogP contribution is 2.08. The third-order valence-corrected chi connectivity index (χ3v) is 1.98. The fourth-order valence-corrected chi connectivity index (χ4v) is 0.994. The number of nitrogens with one attached hydrogen (secondary N) is 1. The molecule has 0 saturated carbocycles. The van der Waals surface area contributed by atoms with Gasteiger partial charge in [-0.05, 0) is 18.6 Å². The van der Waals surface area contributed by atoms with Crippen molar-refractivity contribution in [2.24, 2.45) is 5.92 Å². The van der Waals surface area contributed by atoms with Crippen LogP contribution in [-0.4, -0.2) is 10.9 Å². The number of carbonyl (C=O) groups is 1. The Morgan fingerprint density at radius 1 is 1.50 bits per heavy atom. The molecule has 1 rings (SSSR count). The van der Waals surface area contributed by atoms with Gasteiger partial charge in [0.05, 0.1) is 11.9 Å². The Bertz CT molecular complexity index is 304. The quantitative estimate of drug-likeness (QED) is 0.798. The van der Waals surface area contributed by atoms with Crippen molar-refractivity contribution in [1.82, 2.24) is 4.98 Å². The van der Waals surface area contributed by atoms with Crippen LogP contribution in [-0.2, 0) is 11.2 Å². The molecule has 0 aromatic carbocycles. The maximum Gasteiger partial charge on any atom is 0.226 e. The zero-order chi connectivity index (χ0) is 10.6. The van der Waals surface area contributed by atoms with Gasteiger partial charge in [-0.1, -0.05) is 20.8 Å². The number of aryl methyl sites for hydroxylation is 1. The summed E-state index contributed by atoms with van der Waals surface area (Å²) in [5.41, 5.74) is 1.80. The van der Waals surface area contributed by atoms with Gasteiger partial charge in [-0.2, -0.15) is 0 Å². The second-order valence-corrected chi connectivity index (χ2v) is 3.54. The van der Waals surface area contributed by atoms with Crippen molar-refractivity contribution < 1.29 is 4.79 Å². The summed E-state index contributed by atoms with van der Waals surface area (Å²) in [6, 6.07) is 3.81. The van der Waals surface area contributed by atoms with Gasteiger partial charge in [-0.15, -0.1) is 0 Å². The smallest absolute Gasteiger partial charge is 0.226 e. The molecule has 0 aliphatic heterocycles. The van der Waals surface area contributed by atoms with Crippen molar-refractivity contribution in [2.75, 3.05) is 5.32 Å². The number of carbonyl (C=O) groups excluding carboxylic acids is 1. The average Bonchev–Trinajstić information content (AvgIpc) is 2.19. The zero-order valence-electron chi connectivity index (χ0n) is 8.87. The average molecular weight is 192 g/mol. The predicted octanol–water partition coefficient (Wildman–Crippen LogP) is 2.24. The lowest BCUT2D eigenvalue weighted by Gasteiger charge is -2.07. The topological polar surface area (TPSA) is 42.0 Å². The second-order valence-electron chi connectivity index (χ2n) is 3.54. The standard InChI is InChI=1S/C11H16N2O/c1-4-9-5-6-10(7-12-9)13-11(14)8(2)3/h5-8H,4H2,1-3H3,(H,13,14). The fourth-order valence-electron chi connectivity index (χ4n) is 0.994. The third kappa shape index (κ3) is 2.83. The van der Waals surface area contributed by atoms with Crippen LogP contribution in [0.1, 0.15) is 26.5 Å². The highest BCUT2D eigenvalue weighted by atomic mass is 16.1. The molecule has 1 heterocycles. The minimum absolute atomic E-state index is 0.000789. The Kier molecular flexibility index (Phi) is 3.63. The van der Waals surface area contributed by atoms with Crippen LogP contribution >= 0.6 is 0 Å². The molecular formula is C11H16N2O. The van der Waals surface area contributed by atoms with E-state index in [1.807, 2.05) is 26.0 Å². The predicted molar refractivity (Wildman–Crippen MR) is 57.1 cm³/mol. The normalized spacial score (nSPS) is 10.3. The number of anilines is 1. The molecule has 1 aromatic heterocycles. The van der Waals surface area contributed by atoms with Crippen molar-refractivity contribution in [3.8, 4) is 0 Å². The summed E-state index contributed by atoms with van der Waals surface area (Å²) in [7, 11) is 0. The Labute approximate surface area is 84.6 Å². The molecule has 0 atom stereocenters. The molecule has 76 valence electrons. The summed E-state index contributed by atoms with van der Waals surface area (Å²) in [5, 5.41) is 2.79. The van der Waals surface area contributed by atoms with E-state index in [1.54, 1.807) is 6.20 Å². The van der Waals surface area contributed by atoms with Crippen LogP contribution in [0, 0.1) is 5.92 Å². The maximum absolute atomic E-state index is 11.3. The summed E-state index contributed by atoms with van der Waals surface area (Å²) in [6.45, 7) is 5.78. The van der Waals surface area contributed by atoms with Gasteiger partial charge in [0.1, 0.15) is 0 Å². The molecule has 3 heteroatoms. The molecule has 1 aromatic rings. The van der Waals surface area contributed by atoms with E-state index in [4.69, 9.17) is 0 Å². The highest BCUT2D eigenvalue weighted by molar-refractivity contribution is 5.91. The largest absolute Gasteiger partial charge is 0.325 e. The molecule has 0 spiro atoms. The number of rotatable bonds is 3. The lowest BCUT2D eigenvalue weighted by atomic mass is 10.2. The molecule has 0 radical (unpaired) electrons. The van der Waals surface area contributed by atoms with Gasteiger partial charge in [-0.25, -0.2) is 0 Å². The van der Waals surface area contributed by atoms with Gasteiger partial charge in [0, 0.05) is 11.6 Å². The van der Waals surface area contributed by atoms with Crippen LogP contribution in [0.4, 0.5) is 5.69 Å². The van der Waals surface area contributed by atoms with E-state index in [-0.39, 0.29) is 11.8 Å². The monoisotopic (exact) mass is 192 g/mol. The molecule has 14 heavy (non-hydrogen) atoms. The molecule has 1 N–H and O–H groups in total. The fraction of sp³-hybridized carbons (Fsp3) is 0.455. The summed E-state index contributed by atoms with van der Waals surface area (Å²) in [4.78, 5) is 15.5. The molecule has 3 nitrogen and oxygen atoms in total. The van der Waals surface area contributed by atoms with Gasteiger partial charge in [0.25, 0.3) is 0 Å². The van der Waals surface area contributed by atoms with Crippen LogP contribution in [0.15, 0.2) is 18.3 Å². The first kappa shape index (κ1) is 10.7. The minimum atomic E-state index is 0.000789. The first-order valence-corrected chi connectivity index (χ1v) is 4.89. The van der Waals surface area contributed by atoms with Crippen LogP contribution in [0.2, 0.25) is 0 Å². The van der Waals surface area contributed by atoms with Crippen molar-refractivity contribution in [2.45, 2.75) is 27.2 Å². The minimum Gasteiger partial charge on any atom is -0.325 e. The summed E-state index contributed by atoms with van der Waals surface area (Å²) in [5.74, 6) is 0.0249. The highest BCUT2D eigenvalue weighted by Gasteiger charge is 2.06. The summed E-state index contributed by atoms with van der Waals surface area (Å²) in [6.07, 6.45) is 2.61. The number of nitrogens with zero attached hydrogens (tertiary/aromatic N) is 1. The van der Waals surface area contributed by atoms with Crippen molar-refractivity contribution >= 4 is 11.6 Å². The molecular weight excluding hydrogens is 176 g/mol. The first-order chi connectivity index (χ1) is 6.63. The molecule has 0 unspecified atom stereocenters. The third-order valence-electron chi connectivity index (χ3n) is 1.98. The van der Waals surface area contributed by atoms with E-state index in [0.29, 0.717) is 0 Å². The van der Waals surface area contributed by atoms with Crippen molar-refractivity contribution in [1.29, 1.82) is 0 Å². The Balaban J connectivity index is 2.64. The van der Waals surface area contributed by atoms with Crippen LogP contribution < -0.4 is 5.32 Å². The van der Waals surface area contributed by atoms with Crippen LogP contribution in [0.5, 0.6) is 0 Å². The van der Waals surface area contributed by atoms with Crippen LogP contribution in [0.3, 0.4) is 0 Å². The molecule has 1 amide bonds. The van der Waals surface area contributed by atoms with E-state index < -0.39 is 0 Å². The number of aromatic nitrogens is 1. The van der Waals surface area contributed by atoms with E-state index in [2.05, 4.69) is 17.2 Å². The first-order valence-electron chi connectivity index (χ1n) is 4.89. The number of pyridine rings is 1. The number of amides is 1. The van der Waals surface area contributed by atoms with Gasteiger partial charge in [-0.3, -0.25) is 9.78 Å². The van der Waals surface area contributed by atoms with Crippen molar-refractivity contribution in [3.05, 3.63) is 24.0 Å². The van der Waals surface area contributed by atoms with Gasteiger partial charge >= 0.3 is 0 Å². The van der Waals surface area contributed by atoms with Crippen molar-refractivity contribution in [3.63, 3.8) is 0 Å². The van der Waals surface area contributed by atoms with E-state index in [0.717, 1.165) is 17.8 Å². The maximum atomic E-state index is 11.3. The Morgan fingerprint density at radius 2 is 2.21 bits per heavy atom. The lowest BCUT2D eigenvalue weighted by Crippen LogP contribution is -2.17. The van der Waals surface area contributed by atoms with Gasteiger partial charge in [0.15, 0.2) is 0 Å². The summed E-state index contributed by atoms with van der Waals surface area (Å²) >= 11 is 0. The zero-order valence-corrected chi connectivity index (χ0v) is 8.87. The van der Waals surface area contributed by atoms with Gasteiger partial charge in [0.2, 0.25) is 5.91 Å². The lowest BCUT2D eigenvalue weighted by molar-refractivity contribution is -0.118. The second kappa shape index (κ2) is 4.74. The van der Waals surface area contributed by atoms with E-state index in [1.165, 1.54) is 0 Å².